The Balaban J connectivity index is 0.00000338. The zero-order valence-electron chi connectivity index (χ0n) is 15.4. The number of hydrogen-bond acceptors (Lipinski definition) is 2. The third-order valence-electron chi connectivity index (χ3n) is 4.37. The summed E-state index contributed by atoms with van der Waals surface area (Å²) in [6.07, 6.45) is 5.62. The van der Waals surface area contributed by atoms with Gasteiger partial charge in [0.25, 0.3) is 0 Å². The molecule has 0 spiro atoms. The number of nitrogens with zero attached hydrogens (tertiary/aromatic N) is 1. The van der Waals surface area contributed by atoms with E-state index in [4.69, 9.17) is 11.6 Å². The van der Waals surface area contributed by atoms with Gasteiger partial charge < -0.3 is 16.0 Å². The Bertz CT molecular complexity index is 559. The van der Waals surface area contributed by atoms with Crippen LogP contribution in [0.25, 0.3) is 0 Å². The third kappa shape index (κ3) is 9.07. The van der Waals surface area contributed by atoms with Gasteiger partial charge in [-0.1, -0.05) is 36.6 Å². The number of guanidine groups is 1. The van der Waals surface area contributed by atoms with E-state index in [0.29, 0.717) is 32.0 Å². The maximum atomic E-state index is 11.9. The molecule has 0 radical (unpaired) electrons. The summed E-state index contributed by atoms with van der Waals surface area (Å²) in [5.74, 6) is 1.51. The number of aliphatic imine (C=N–C) groups is 1. The van der Waals surface area contributed by atoms with Gasteiger partial charge in [-0.25, -0.2) is 4.99 Å². The van der Waals surface area contributed by atoms with Gasteiger partial charge in [0.1, 0.15) is 0 Å². The fourth-order valence-electron chi connectivity index (χ4n) is 3.03. The van der Waals surface area contributed by atoms with Crippen molar-refractivity contribution in [1.29, 1.82) is 0 Å². The van der Waals surface area contributed by atoms with Crippen LogP contribution in [0, 0.1) is 5.92 Å². The molecule has 1 saturated carbocycles. The first kappa shape index (κ1) is 23.0. The molecule has 1 aromatic rings. The first-order valence-corrected chi connectivity index (χ1v) is 9.58. The summed E-state index contributed by atoms with van der Waals surface area (Å²) in [5.41, 5.74) is 1.10. The van der Waals surface area contributed by atoms with Gasteiger partial charge in [0.05, 0.1) is 6.54 Å². The van der Waals surface area contributed by atoms with Crippen molar-refractivity contribution in [3.05, 3.63) is 34.9 Å². The summed E-state index contributed by atoms with van der Waals surface area (Å²) in [7, 11) is 0. The number of rotatable bonds is 8. The minimum atomic E-state index is 0. The summed E-state index contributed by atoms with van der Waals surface area (Å²) in [4.78, 5) is 16.5. The quantitative estimate of drug-likeness (QED) is 0.224. The molecular weight excluding hydrogens is 463 g/mol. The molecule has 0 atom stereocenters. The Labute approximate surface area is 178 Å². The highest BCUT2D eigenvalue weighted by atomic mass is 127. The van der Waals surface area contributed by atoms with Crippen LogP contribution in [-0.4, -0.2) is 31.5 Å². The van der Waals surface area contributed by atoms with Crippen molar-refractivity contribution in [1.82, 2.24) is 16.0 Å². The van der Waals surface area contributed by atoms with Crippen molar-refractivity contribution in [2.45, 2.75) is 45.6 Å². The Morgan fingerprint density at radius 2 is 1.77 bits per heavy atom. The molecule has 0 aromatic heterocycles. The summed E-state index contributed by atoms with van der Waals surface area (Å²) < 4.78 is 0. The number of carbonyl (C=O) groups excluding carboxylic acids is 1. The lowest BCUT2D eigenvalue weighted by molar-refractivity contribution is -0.121. The molecule has 26 heavy (non-hydrogen) atoms. The van der Waals surface area contributed by atoms with E-state index in [2.05, 4.69) is 20.9 Å². The van der Waals surface area contributed by atoms with Crippen LogP contribution in [0.4, 0.5) is 0 Å². The molecule has 5 nitrogen and oxygen atoms in total. The SMILES string of the molecule is CCNC(=NCc1ccc(Cl)cc1)NCCNC(=O)CC1CCCC1.I. The van der Waals surface area contributed by atoms with Crippen LogP contribution >= 0.6 is 35.6 Å². The Morgan fingerprint density at radius 3 is 2.42 bits per heavy atom. The van der Waals surface area contributed by atoms with Gasteiger partial charge >= 0.3 is 0 Å². The van der Waals surface area contributed by atoms with Gasteiger partial charge in [0.2, 0.25) is 5.91 Å². The summed E-state index contributed by atoms with van der Waals surface area (Å²) in [5, 5.41) is 10.2. The molecule has 0 saturated heterocycles. The van der Waals surface area contributed by atoms with E-state index in [1.54, 1.807) is 0 Å². The summed E-state index contributed by atoms with van der Waals surface area (Å²) in [6.45, 7) is 4.67. The van der Waals surface area contributed by atoms with E-state index in [1.165, 1.54) is 25.7 Å². The molecule has 2 rings (SSSR count). The van der Waals surface area contributed by atoms with Crippen molar-refractivity contribution in [3.63, 3.8) is 0 Å². The van der Waals surface area contributed by atoms with Crippen LogP contribution in [0.15, 0.2) is 29.3 Å². The number of benzene rings is 1. The van der Waals surface area contributed by atoms with Crippen LogP contribution in [0.5, 0.6) is 0 Å². The topological polar surface area (TPSA) is 65.5 Å². The van der Waals surface area contributed by atoms with Gasteiger partial charge in [-0.3, -0.25) is 4.79 Å². The predicted molar refractivity (Wildman–Crippen MR) is 119 cm³/mol. The van der Waals surface area contributed by atoms with Gasteiger partial charge in [0.15, 0.2) is 5.96 Å². The second-order valence-corrected chi connectivity index (χ2v) is 6.89. The predicted octanol–water partition coefficient (Wildman–Crippen LogP) is 3.71. The number of carbonyl (C=O) groups is 1. The minimum absolute atomic E-state index is 0. The number of amides is 1. The van der Waals surface area contributed by atoms with Crippen molar-refractivity contribution in [3.8, 4) is 0 Å². The van der Waals surface area contributed by atoms with Crippen LogP contribution in [0.1, 0.15) is 44.6 Å². The van der Waals surface area contributed by atoms with E-state index in [1.807, 2.05) is 31.2 Å². The van der Waals surface area contributed by atoms with Crippen LogP contribution in [-0.2, 0) is 11.3 Å². The standard InChI is InChI=1S/C19H29ClN4O.HI/c1-2-21-19(24-14-16-7-9-17(20)10-8-16)23-12-11-22-18(25)13-15-5-3-4-6-15;/h7-10,15H,2-6,11-14H2,1H3,(H,22,25)(H2,21,23,24);1H. The molecule has 0 unspecified atom stereocenters. The number of halogens is 2. The van der Waals surface area contributed by atoms with Crippen LogP contribution in [0.2, 0.25) is 5.02 Å². The molecule has 146 valence electrons. The molecular formula is C19H30ClIN4O. The maximum absolute atomic E-state index is 11.9. The molecule has 0 heterocycles. The average Bonchev–Trinajstić information content (AvgIpc) is 3.10. The van der Waals surface area contributed by atoms with E-state index in [0.717, 1.165) is 23.1 Å². The van der Waals surface area contributed by atoms with Crippen molar-refractivity contribution < 1.29 is 4.79 Å². The molecule has 1 amide bonds. The number of nitrogens with one attached hydrogen (secondary N) is 3. The second kappa shape index (κ2) is 13.2. The Morgan fingerprint density at radius 1 is 1.12 bits per heavy atom. The normalized spacial score (nSPS) is 14.6. The average molecular weight is 493 g/mol. The van der Waals surface area contributed by atoms with Gasteiger partial charge in [0, 0.05) is 31.1 Å². The van der Waals surface area contributed by atoms with Gasteiger partial charge in [-0.2, -0.15) is 0 Å². The van der Waals surface area contributed by atoms with Crippen LogP contribution in [0.3, 0.4) is 0 Å². The largest absolute Gasteiger partial charge is 0.357 e. The van der Waals surface area contributed by atoms with E-state index < -0.39 is 0 Å². The van der Waals surface area contributed by atoms with Gasteiger partial charge in [-0.05, 0) is 43.4 Å². The van der Waals surface area contributed by atoms with Crippen LogP contribution < -0.4 is 16.0 Å². The molecule has 3 N–H and O–H groups in total. The summed E-state index contributed by atoms with van der Waals surface area (Å²) >= 11 is 5.89. The lowest BCUT2D eigenvalue weighted by Crippen LogP contribution is -2.41. The van der Waals surface area contributed by atoms with Crippen molar-refractivity contribution in [2.24, 2.45) is 10.9 Å². The highest BCUT2D eigenvalue weighted by Crippen LogP contribution is 2.27. The molecule has 0 bridgehead atoms. The first-order chi connectivity index (χ1) is 12.2. The number of hydrogen-bond donors (Lipinski definition) is 3. The molecule has 1 aliphatic carbocycles. The smallest absolute Gasteiger partial charge is 0.220 e. The fourth-order valence-corrected chi connectivity index (χ4v) is 3.16. The second-order valence-electron chi connectivity index (χ2n) is 6.45. The lowest BCUT2D eigenvalue weighted by atomic mass is 10.0. The van der Waals surface area contributed by atoms with Crippen molar-refractivity contribution in [2.75, 3.05) is 19.6 Å². The molecule has 1 aromatic carbocycles. The van der Waals surface area contributed by atoms with Gasteiger partial charge in [-0.15, -0.1) is 24.0 Å². The molecule has 1 fully saturated rings. The molecule has 1 aliphatic rings. The molecule has 0 aliphatic heterocycles. The zero-order chi connectivity index (χ0) is 17.9. The zero-order valence-corrected chi connectivity index (χ0v) is 18.5. The Hall–Kier alpha value is -1.02. The monoisotopic (exact) mass is 492 g/mol. The van der Waals surface area contributed by atoms with Crippen molar-refractivity contribution >= 4 is 47.4 Å². The van der Waals surface area contributed by atoms with E-state index in [-0.39, 0.29) is 29.9 Å². The summed E-state index contributed by atoms with van der Waals surface area (Å²) in [6, 6.07) is 7.68. The third-order valence-corrected chi connectivity index (χ3v) is 4.62. The fraction of sp³-hybridized carbons (Fsp3) is 0.579. The Kier molecular flexibility index (Phi) is 11.7. The van der Waals surface area contributed by atoms with E-state index in [9.17, 15) is 4.79 Å². The maximum Gasteiger partial charge on any atom is 0.220 e. The highest BCUT2D eigenvalue weighted by molar-refractivity contribution is 14.0. The lowest BCUT2D eigenvalue weighted by Gasteiger charge is -2.13. The first-order valence-electron chi connectivity index (χ1n) is 9.20. The molecule has 7 heteroatoms. The highest BCUT2D eigenvalue weighted by Gasteiger charge is 2.17. The minimum Gasteiger partial charge on any atom is -0.357 e. The van der Waals surface area contributed by atoms with E-state index >= 15 is 0 Å².